The van der Waals surface area contributed by atoms with Crippen molar-refractivity contribution in [3.8, 4) is 0 Å². The molecule has 0 atom stereocenters. The number of hydrogen-bond acceptors (Lipinski definition) is 2. The number of benzene rings is 1. The van der Waals surface area contributed by atoms with Gasteiger partial charge >= 0.3 is 0 Å². The number of fused-ring (bicyclic) bond motifs is 1. The van der Waals surface area contributed by atoms with Crippen molar-refractivity contribution in [3.63, 3.8) is 0 Å². The smallest absolute Gasteiger partial charge is 0.252 e. The minimum atomic E-state index is -0.405. The van der Waals surface area contributed by atoms with Gasteiger partial charge in [0.1, 0.15) is 6.61 Å². The van der Waals surface area contributed by atoms with Gasteiger partial charge < -0.3 is 10.0 Å². The lowest BCUT2D eigenvalue weighted by Crippen LogP contribution is -2.31. The van der Waals surface area contributed by atoms with Gasteiger partial charge in [-0.3, -0.25) is 4.79 Å². The molecule has 15 heavy (non-hydrogen) atoms. The van der Waals surface area contributed by atoms with E-state index >= 15 is 0 Å². The molecule has 0 unspecified atom stereocenters. The van der Waals surface area contributed by atoms with E-state index < -0.39 is 6.61 Å². The van der Waals surface area contributed by atoms with Gasteiger partial charge in [-0.05, 0) is 24.0 Å². The Labute approximate surface area is 89.3 Å². The van der Waals surface area contributed by atoms with Gasteiger partial charge in [0.05, 0.1) is 5.69 Å². The lowest BCUT2D eigenvalue weighted by atomic mass is 10.1. The number of nitrogens with zero attached hydrogens (tertiary/aromatic N) is 1. The molecule has 3 nitrogen and oxygen atoms in total. The van der Waals surface area contributed by atoms with Crippen LogP contribution in [0.1, 0.15) is 18.1 Å². The van der Waals surface area contributed by atoms with Crippen molar-refractivity contribution >= 4 is 11.6 Å². The zero-order chi connectivity index (χ0) is 10.8. The van der Waals surface area contributed by atoms with Crippen molar-refractivity contribution < 1.29 is 9.90 Å². The Morgan fingerprint density at radius 3 is 3.00 bits per heavy atom. The highest BCUT2D eigenvalue weighted by Gasteiger charge is 2.25. The lowest BCUT2D eigenvalue weighted by Gasteiger charge is -2.18. The summed E-state index contributed by atoms with van der Waals surface area (Å²) in [7, 11) is 0. The largest absolute Gasteiger partial charge is 0.387 e. The fraction of sp³-hybridized carbons (Fsp3) is 0.417. The molecule has 0 spiro atoms. The van der Waals surface area contributed by atoms with Crippen molar-refractivity contribution in [1.29, 1.82) is 0 Å². The Bertz CT molecular complexity index is 387. The summed E-state index contributed by atoms with van der Waals surface area (Å²) in [5.41, 5.74) is 3.43. The molecule has 1 aromatic carbocycles. The number of aliphatic hydroxyl groups excluding tert-OH is 1. The first-order chi connectivity index (χ1) is 7.27. The van der Waals surface area contributed by atoms with E-state index in [2.05, 4.69) is 13.0 Å². The molecule has 1 aliphatic rings. The van der Waals surface area contributed by atoms with E-state index in [4.69, 9.17) is 5.11 Å². The van der Waals surface area contributed by atoms with Gasteiger partial charge in [-0.1, -0.05) is 25.1 Å². The van der Waals surface area contributed by atoms with Crippen LogP contribution in [0.4, 0.5) is 5.69 Å². The molecule has 80 valence electrons. The monoisotopic (exact) mass is 205 g/mol. The van der Waals surface area contributed by atoms with Crippen LogP contribution < -0.4 is 4.90 Å². The second kappa shape index (κ2) is 4.03. The van der Waals surface area contributed by atoms with E-state index in [1.54, 1.807) is 4.90 Å². The van der Waals surface area contributed by atoms with E-state index in [-0.39, 0.29) is 5.91 Å². The third-order valence-electron chi connectivity index (χ3n) is 2.90. The lowest BCUT2D eigenvalue weighted by molar-refractivity contribution is -0.121. The fourth-order valence-corrected chi connectivity index (χ4v) is 2.16. The first-order valence-electron chi connectivity index (χ1n) is 5.30. The van der Waals surface area contributed by atoms with Gasteiger partial charge in [-0.15, -0.1) is 0 Å². The molecular weight excluding hydrogens is 190 g/mol. The second-order valence-corrected chi connectivity index (χ2v) is 3.73. The highest BCUT2D eigenvalue weighted by Crippen LogP contribution is 2.32. The van der Waals surface area contributed by atoms with Gasteiger partial charge in [0.15, 0.2) is 0 Å². The number of aryl methyl sites for hydroxylation is 1. The third kappa shape index (κ3) is 1.63. The Kier molecular flexibility index (Phi) is 2.73. The minimum Gasteiger partial charge on any atom is -0.387 e. The van der Waals surface area contributed by atoms with Crippen LogP contribution in [-0.4, -0.2) is 24.2 Å². The molecule has 2 rings (SSSR count). The Balaban J connectivity index is 2.43. The van der Waals surface area contributed by atoms with Gasteiger partial charge in [0.25, 0.3) is 5.91 Å². The molecular formula is C12H15NO2. The maximum Gasteiger partial charge on any atom is 0.252 e. The molecule has 1 aliphatic heterocycles. The van der Waals surface area contributed by atoms with Gasteiger partial charge in [-0.25, -0.2) is 0 Å². The molecule has 1 amide bonds. The highest BCUT2D eigenvalue weighted by atomic mass is 16.3. The number of hydrogen-bond donors (Lipinski definition) is 1. The number of anilines is 1. The highest BCUT2D eigenvalue weighted by molar-refractivity contribution is 5.97. The van der Waals surface area contributed by atoms with Crippen LogP contribution in [0.15, 0.2) is 18.2 Å². The molecule has 3 heteroatoms. The quantitative estimate of drug-likeness (QED) is 0.786. The van der Waals surface area contributed by atoms with Crippen molar-refractivity contribution in [2.75, 3.05) is 18.1 Å². The predicted octanol–water partition coefficient (Wildman–Crippen LogP) is 1.13. The summed E-state index contributed by atoms with van der Waals surface area (Å²) in [4.78, 5) is 13.2. The summed E-state index contributed by atoms with van der Waals surface area (Å²) in [6.07, 6.45) is 1.81. The number of aliphatic hydroxyl groups is 1. The average Bonchev–Trinajstić information content (AvgIpc) is 2.71. The fourth-order valence-electron chi connectivity index (χ4n) is 2.16. The van der Waals surface area contributed by atoms with Gasteiger partial charge in [0, 0.05) is 6.54 Å². The van der Waals surface area contributed by atoms with Gasteiger partial charge in [-0.2, -0.15) is 0 Å². The molecule has 1 N–H and O–H groups in total. The van der Waals surface area contributed by atoms with Gasteiger partial charge in [0.2, 0.25) is 0 Å². The molecule has 0 saturated heterocycles. The van der Waals surface area contributed by atoms with E-state index in [1.807, 2.05) is 12.1 Å². The predicted molar refractivity (Wildman–Crippen MR) is 59.0 cm³/mol. The molecule has 0 aromatic heterocycles. The van der Waals surface area contributed by atoms with E-state index in [9.17, 15) is 4.79 Å². The van der Waals surface area contributed by atoms with Crippen molar-refractivity contribution in [2.45, 2.75) is 19.8 Å². The SMILES string of the molecule is CCc1cccc2c1N(C(=O)CO)CC2. The summed E-state index contributed by atoms with van der Waals surface area (Å²) < 4.78 is 0. The molecule has 0 fully saturated rings. The summed E-state index contributed by atoms with van der Waals surface area (Å²) in [6, 6.07) is 6.13. The van der Waals surface area contributed by atoms with E-state index in [0.717, 1.165) is 18.5 Å². The maximum absolute atomic E-state index is 11.5. The first-order valence-corrected chi connectivity index (χ1v) is 5.30. The normalized spacial score (nSPS) is 14.1. The molecule has 0 radical (unpaired) electrons. The second-order valence-electron chi connectivity index (χ2n) is 3.73. The van der Waals surface area contributed by atoms with Crippen LogP contribution in [0.25, 0.3) is 0 Å². The average molecular weight is 205 g/mol. The van der Waals surface area contributed by atoms with Crippen molar-refractivity contribution in [2.24, 2.45) is 0 Å². The van der Waals surface area contributed by atoms with Crippen molar-refractivity contribution in [1.82, 2.24) is 0 Å². The summed E-state index contributed by atoms with van der Waals surface area (Å²) >= 11 is 0. The Morgan fingerprint density at radius 2 is 2.33 bits per heavy atom. The van der Waals surface area contributed by atoms with Crippen LogP contribution in [0.3, 0.4) is 0 Å². The zero-order valence-corrected chi connectivity index (χ0v) is 8.86. The molecule has 0 aliphatic carbocycles. The Morgan fingerprint density at radius 1 is 1.53 bits per heavy atom. The first kappa shape index (κ1) is 10.2. The Hall–Kier alpha value is -1.35. The summed E-state index contributed by atoms with van der Waals surface area (Å²) in [5, 5.41) is 8.89. The van der Waals surface area contributed by atoms with Crippen LogP contribution >= 0.6 is 0 Å². The minimum absolute atomic E-state index is 0.199. The molecule has 1 heterocycles. The van der Waals surface area contributed by atoms with E-state index in [1.165, 1.54) is 11.1 Å². The number of para-hydroxylation sites is 1. The van der Waals surface area contributed by atoms with E-state index in [0.29, 0.717) is 6.54 Å². The number of carbonyl (C=O) groups is 1. The number of rotatable bonds is 2. The molecule has 1 aromatic rings. The zero-order valence-electron chi connectivity index (χ0n) is 8.86. The summed E-state index contributed by atoms with van der Waals surface area (Å²) in [6.45, 7) is 2.37. The third-order valence-corrected chi connectivity index (χ3v) is 2.90. The molecule has 0 bridgehead atoms. The van der Waals surface area contributed by atoms with Crippen LogP contribution in [-0.2, 0) is 17.6 Å². The van der Waals surface area contributed by atoms with Crippen molar-refractivity contribution in [3.05, 3.63) is 29.3 Å². The van der Waals surface area contributed by atoms with Crippen LogP contribution in [0, 0.1) is 0 Å². The number of carbonyl (C=O) groups excluding carboxylic acids is 1. The molecule has 0 saturated carbocycles. The maximum atomic E-state index is 11.5. The van der Waals surface area contributed by atoms with Crippen LogP contribution in [0.5, 0.6) is 0 Å². The topological polar surface area (TPSA) is 40.5 Å². The number of amides is 1. The summed E-state index contributed by atoms with van der Waals surface area (Å²) in [5.74, 6) is -0.199. The van der Waals surface area contributed by atoms with Crippen LogP contribution in [0.2, 0.25) is 0 Å². The standard InChI is InChI=1S/C12H15NO2/c1-2-9-4-3-5-10-6-7-13(12(9)10)11(15)8-14/h3-5,14H,2,6-8H2,1H3.